The molecule has 3 nitrogen and oxygen atoms in total. The maximum absolute atomic E-state index is 12.4. The maximum atomic E-state index is 12.4. The number of hydrogen-bond donors (Lipinski definition) is 0. The quantitative estimate of drug-likeness (QED) is 0.783. The molecule has 0 N–H and O–H groups in total. The van der Waals surface area contributed by atoms with E-state index in [2.05, 4.69) is 37.3 Å². The molecule has 114 valence electrons. The fourth-order valence-electron chi connectivity index (χ4n) is 3.05. The van der Waals surface area contributed by atoms with Crippen LogP contribution in [0.3, 0.4) is 0 Å². The van der Waals surface area contributed by atoms with Crippen molar-refractivity contribution in [2.75, 3.05) is 7.11 Å². The molecule has 0 amide bonds. The first-order valence-electron chi connectivity index (χ1n) is 7.49. The van der Waals surface area contributed by atoms with E-state index >= 15 is 0 Å². The first-order chi connectivity index (χ1) is 10.5. The Bertz CT molecular complexity index is 729. The molecular formula is C19H20O3. The molecule has 1 aliphatic rings. The third-order valence-corrected chi connectivity index (χ3v) is 4.18. The van der Waals surface area contributed by atoms with E-state index in [0.29, 0.717) is 11.3 Å². The van der Waals surface area contributed by atoms with Crippen LogP contribution in [0.1, 0.15) is 34.0 Å². The zero-order valence-corrected chi connectivity index (χ0v) is 13.4. The number of esters is 1. The van der Waals surface area contributed by atoms with Gasteiger partial charge >= 0.3 is 5.97 Å². The summed E-state index contributed by atoms with van der Waals surface area (Å²) in [4.78, 5) is 12.4. The highest BCUT2D eigenvalue weighted by Crippen LogP contribution is 2.40. The zero-order valence-electron chi connectivity index (χ0n) is 13.4. The Balaban J connectivity index is 2.25. The van der Waals surface area contributed by atoms with E-state index in [4.69, 9.17) is 9.47 Å². The first kappa shape index (κ1) is 14.6. The third-order valence-electron chi connectivity index (χ3n) is 4.18. The highest BCUT2D eigenvalue weighted by molar-refractivity contribution is 5.99. The lowest BCUT2D eigenvalue weighted by Crippen LogP contribution is -2.26. The van der Waals surface area contributed by atoms with Gasteiger partial charge in [0.15, 0.2) is 0 Å². The Morgan fingerprint density at radius 1 is 1.18 bits per heavy atom. The minimum atomic E-state index is -0.289. The van der Waals surface area contributed by atoms with Crippen LogP contribution < -0.4 is 4.74 Å². The summed E-state index contributed by atoms with van der Waals surface area (Å²) >= 11 is 0. The van der Waals surface area contributed by atoms with E-state index in [0.717, 1.165) is 28.7 Å². The highest BCUT2D eigenvalue weighted by atomic mass is 16.5. The normalized spacial score (nSPS) is 16.9. The third kappa shape index (κ3) is 2.37. The van der Waals surface area contributed by atoms with Crippen molar-refractivity contribution >= 4 is 5.97 Å². The summed E-state index contributed by atoms with van der Waals surface area (Å²) in [6.07, 6.45) is 0.644. The van der Waals surface area contributed by atoms with Gasteiger partial charge in [0.25, 0.3) is 0 Å². The van der Waals surface area contributed by atoms with Gasteiger partial charge in [0.05, 0.1) is 7.11 Å². The number of ether oxygens (including phenoxy) is 2. The van der Waals surface area contributed by atoms with Crippen LogP contribution in [0, 0.1) is 13.8 Å². The molecule has 2 aromatic carbocycles. The number of hydrogen-bond acceptors (Lipinski definition) is 3. The van der Waals surface area contributed by atoms with Crippen molar-refractivity contribution in [3.05, 3.63) is 52.6 Å². The van der Waals surface area contributed by atoms with Gasteiger partial charge < -0.3 is 9.47 Å². The topological polar surface area (TPSA) is 35.5 Å². The lowest BCUT2D eigenvalue weighted by atomic mass is 9.89. The van der Waals surface area contributed by atoms with Gasteiger partial charge in [-0.05, 0) is 43.5 Å². The minimum Gasteiger partial charge on any atom is -0.495 e. The predicted octanol–water partition coefficient (Wildman–Crippen LogP) is 4.08. The molecule has 2 aromatic rings. The Hall–Kier alpha value is -2.29. The van der Waals surface area contributed by atoms with Gasteiger partial charge in [-0.3, -0.25) is 0 Å². The number of cyclic esters (lactones) is 1. The molecule has 0 aromatic heterocycles. The van der Waals surface area contributed by atoms with Crippen molar-refractivity contribution in [2.24, 2.45) is 0 Å². The molecule has 3 rings (SSSR count). The zero-order chi connectivity index (χ0) is 15.9. The van der Waals surface area contributed by atoms with Crippen LogP contribution in [-0.2, 0) is 11.2 Å². The molecule has 0 saturated carbocycles. The number of rotatable bonds is 2. The summed E-state index contributed by atoms with van der Waals surface area (Å²) in [6.45, 7) is 6.01. The van der Waals surface area contributed by atoms with Crippen molar-refractivity contribution in [1.82, 2.24) is 0 Å². The monoisotopic (exact) mass is 296 g/mol. The fourth-order valence-corrected chi connectivity index (χ4v) is 3.05. The molecule has 0 saturated heterocycles. The molecule has 0 radical (unpaired) electrons. The predicted molar refractivity (Wildman–Crippen MR) is 86.5 cm³/mol. The second-order valence-electron chi connectivity index (χ2n) is 5.91. The van der Waals surface area contributed by atoms with E-state index < -0.39 is 0 Å². The van der Waals surface area contributed by atoms with Gasteiger partial charge in [0, 0.05) is 12.0 Å². The Morgan fingerprint density at radius 3 is 2.50 bits per heavy atom. The molecule has 0 aliphatic carbocycles. The number of fused-ring (bicyclic) bond motifs is 1. The molecule has 0 unspecified atom stereocenters. The molecule has 1 aliphatic heterocycles. The summed E-state index contributed by atoms with van der Waals surface area (Å²) < 4.78 is 11.0. The van der Waals surface area contributed by atoms with Crippen LogP contribution in [0.2, 0.25) is 0 Å². The summed E-state index contributed by atoms with van der Waals surface area (Å²) in [7, 11) is 1.61. The van der Waals surface area contributed by atoms with Crippen LogP contribution in [0.4, 0.5) is 0 Å². The second kappa shape index (κ2) is 5.48. The lowest BCUT2D eigenvalue weighted by Gasteiger charge is -2.26. The van der Waals surface area contributed by atoms with E-state index in [1.54, 1.807) is 7.11 Å². The van der Waals surface area contributed by atoms with E-state index in [-0.39, 0.29) is 12.1 Å². The van der Waals surface area contributed by atoms with Gasteiger partial charge in [0.1, 0.15) is 17.4 Å². The van der Waals surface area contributed by atoms with Crippen LogP contribution in [-0.4, -0.2) is 19.2 Å². The highest BCUT2D eigenvalue weighted by Gasteiger charge is 2.30. The van der Waals surface area contributed by atoms with Gasteiger partial charge in [0.2, 0.25) is 0 Å². The molecule has 1 heterocycles. The van der Waals surface area contributed by atoms with Crippen molar-refractivity contribution in [3.63, 3.8) is 0 Å². The van der Waals surface area contributed by atoms with Crippen molar-refractivity contribution in [3.8, 4) is 16.9 Å². The van der Waals surface area contributed by atoms with Gasteiger partial charge in [-0.1, -0.05) is 29.8 Å². The number of carbonyl (C=O) groups is 1. The number of benzene rings is 2. The van der Waals surface area contributed by atoms with Gasteiger partial charge in [-0.15, -0.1) is 0 Å². The smallest absolute Gasteiger partial charge is 0.342 e. The fraction of sp³-hybridized carbons (Fsp3) is 0.316. The second-order valence-corrected chi connectivity index (χ2v) is 5.91. The van der Waals surface area contributed by atoms with Crippen molar-refractivity contribution < 1.29 is 14.3 Å². The van der Waals surface area contributed by atoms with E-state index in [9.17, 15) is 4.79 Å². The minimum absolute atomic E-state index is 0.0892. The molecule has 3 heteroatoms. The van der Waals surface area contributed by atoms with Crippen LogP contribution in [0.25, 0.3) is 11.1 Å². The largest absolute Gasteiger partial charge is 0.495 e. The van der Waals surface area contributed by atoms with E-state index in [1.165, 1.54) is 5.56 Å². The SMILES string of the molecule is COc1c(-c2ccc(C)cc2)cc(C)c2c1C(=O)O[C@H](C)C2. The average molecular weight is 296 g/mol. The average Bonchev–Trinajstić information content (AvgIpc) is 2.48. The van der Waals surface area contributed by atoms with Crippen LogP contribution in [0.15, 0.2) is 30.3 Å². The molecule has 1 atom stereocenters. The summed E-state index contributed by atoms with van der Waals surface area (Å²) in [5.74, 6) is 0.323. The number of methoxy groups -OCH3 is 1. The lowest BCUT2D eigenvalue weighted by molar-refractivity contribution is 0.0296. The summed E-state index contributed by atoms with van der Waals surface area (Å²) in [6, 6.07) is 10.3. The molecule has 22 heavy (non-hydrogen) atoms. The van der Waals surface area contributed by atoms with Crippen molar-refractivity contribution in [1.29, 1.82) is 0 Å². The van der Waals surface area contributed by atoms with Gasteiger partial charge in [-0.25, -0.2) is 4.79 Å². The number of aryl methyl sites for hydroxylation is 2. The van der Waals surface area contributed by atoms with Crippen LogP contribution >= 0.6 is 0 Å². The number of carbonyl (C=O) groups excluding carboxylic acids is 1. The molecule has 0 bridgehead atoms. The van der Waals surface area contributed by atoms with Gasteiger partial charge in [-0.2, -0.15) is 0 Å². The molecule has 0 fully saturated rings. The van der Waals surface area contributed by atoms with E-state index in [1.807, 2.05) is 13.8 Å². The van der Waals surface area contributed by atoms with Crippen LogP contribution in [0.5, 0.6) is 5.75 Å². The standard InChI is InChI=1S/C19H20O3/c1-11-5-7-14(8-6-11)16-9-12(2)15-10-13(3)22-19(20)17(15)18(16)21-4/h5-9,13H,10H2,1-4H3/t13-/m1/s1. The molecular weight excluding hydrogens is 276 g/mol. The molecule has 0 spiro atoms. The Kier molecular flexibility index (Phi) is 3.65. The summed E-state index contributed by atoms with van der Waals surface area (Å²) in [5, 5.41) is 0. The summed E-state index contributed by atoms with van der Waals surface area (Å²) in [5.41, 5.74) is 5.90. The Labute approximate surface area is 130 Å². The maximum Gasteiger partial charge on any atom is 0.342 e. The first-order valence-corrected chi connectivity index (χ1v) is 7.49. The Morgan fingerprint density at radius 2 is 1.86 bits per heavy atom. The van der Waals surface area contributed by atoms with Crippen molar-refractivity contribution in [2.45, 2.75) is 33.3 Å².